The van der Waals surface area contributed by atoms with E-state index in [1.165, 1.54) is 12.1 Å². The molecule has 0 unspecified atom stereocenters. The van der Waals surface area contributed by atoms with Crippen LogP contribution in [-0.4, -0.2) is 31.7 Å². The van der Waals surface area contributed by atoms with E-state index in [0.29, 0.717) is 17.9 Å². The fraction of sp³-hybridized carbons (Fsp3) is 0.292. The van der Waals surface area contributed by atoms with Gasteiger partial charge in [0.25, 0.3) is 5.91 Å². The summed E-state index contributed by atoms with van der Waals surface area (Å²) in [6.07, 6.45) is 1.41. The largest absolute Gasteiger partial charge is 0.490 e. The number of ether oxygens (including phenoxy) is 3. The van der Waals surface area contributed by atoms with Crippen LogP contribution in [0.25, 0.3) is 6.08 Å². The third-order valence-corrected chi connectivity index (χ3v) is 4.56. The Hall–Kier alpha value is -3.50. The van der Waals surface area contributed by atoms with E-state index in [2.05, 4.69) is 5.32 Å². The summed E-state index contributed by atoms with van der Waals surface area (Å²) < 4.78 is 15.9. The fourth-order valence-corrected chi connectivity index (χ4v) is 3.14. The highest BCUT2D eigenvalue weighted by atomic mass is 35.5. The van der Waals surface area contributed by atoms with Crippen molar-refractivity contribution in [3.8, 4) is 17.6 Å². The Bertz CT molecular complexity index is 1070. The highest BCUT2D eigenvalue weighted by molar-refractivity contribution is 6.32. The van der Waals surface area contributed by atoms with Gasteiger partial charge in [0.05, 0.1) is 18.2 Å². The van der Waals surface area contributed by atoms with E-state index in [1.807, 2.05) is 32.0 Å². The minimum Gasteiger partial charge on any atom is -0.490 e. The molecule has 7 nitrogen and oxygen atoms in total. The van der Waals surface area contributed by atoms with Crippen LogP contribution >= 0.6 is 11.6 Å². The van der Waals surface area contributed by atoms with Gasteiger partial charge >= 0.3 is 5.97 Å². The van der Waals surface area contributed by atoms with Crippen molar-refractivity contribution in [3.05, 3.63) is 57.6 Å². The molecule has 0 spiro atoms. The molecule has 0 heterocycles. The molecule has 0 saturated heterocycles. The van der Waals surface area contributed by atoms with E-state index in [0.717, 1.165) is 11.1 Å². The van der Waals surface area contributed by atoms with Gasteiger partial charge in [-0.1, -0.05) is 29.3 Å². The van der Waals surface area contributed by atoms with Crippen LogP contribution in [0.15, 0.2) is 35.9 Å². The van der Waals surface area contributed by atoms with Crippen LogP contribution in [0.4, 0.5) is 5.69 Å². The maximum absolute atomic E-state index is 12.6. The zero-order valence-corrected chi connectivity index (χ0v) is 19.2. The summed E-state index contributed by atoms with van der Waals surface area (Å²) in [6.45, 7) is 7.53. The summed E-state index contributed by atoms with van der Waals surface area (Å²) >= 11 is 6.33. The lowest BCUT2D eigenvalue weighted by Gasteiger charge is -2.14. The zero-order chi connectivity index (χ0) is 23.7. The number of nitriles is 1. The normalized spacial score (nSPS) is 10.8. The number of benzene rings is 2. The molecule has 1 amide bonds. The lowest BCUT2D eigenvalue weighted by atomic mass is 10.1. The minimum absolute atomic E-state index is 0.108. The third-order valence-electron chi connectivity index (χ3n) is 4.28. The van der Waals surface area contributed by atoms with Crippen molar-refractivity contribution < 1.29 is 23.8 Å². The number of halogens is 1. The van der Waals surface area contributed by atoms with Crippen molar-refractivity contribution in [1.82, 2.24) is 0 Å². The summed E-state index contributed by atoms with van der Waals surface area (Å²) in [4.78, 5) is 24.2. The summed E-state index contributed by atoms with van der Waals surface area (Å²) in [6, 6.07) is 10.6. The van der Waals surface area contributed by atoms with Gasteiger partial charge in [-0.2, -0.15) is 5.26 Å². The predicted octanol–water partition coefficient (Wildman–Crippen LogP) is 4.84. The van der Waals surface area contributed by atoms with Crippen molar-refractivity contribution in [2.75, 3.05) is 25.1 Å². The number of nitrogens with one attached hydrogen (secondary N) is 1. The highest BCUT2D eigenvalue weighted by Gasteiger charge is 2.16. The van der Waals surface area contributed by atoms with E-state index in [1.54, 1.807) is 26.0 Å². The third kappa shape index (κ3) is 6.76. The number of anilines is 1. The van der Waals surface area contributed by atoms with Crippen LogP contribution in [0.5, 0.6) is 11.5 Å². The standard InChI is InChI=1S/C24H25ClN2O5/c1-5-30-21-12-17(11-19(25)23(21)32-14-22(28)31-6-2)10-18(13-26)24(29)27-20-8-7-15(3)9-16(20)4/h7-12H,5-6,14H2,1-4H3,(H,27,29)/b18-10+. The first-order valence-electron chi connectivity index (χ1n) is 10.0. The van der Waals surface area contributed by atoms with E-state index >= 15 is 0 Å². The number of nitrogens with zero attached hydrogens (tertiary/aromatic N) is 1. The first-order chi connectivity index (χ1) is 15.3. The monoisotopic (exact) mass is 456 g/mol. The van der Waals surface area contributed by atoms with E-state index in [-0.39, 0.29) is 35.3 Å². The van der Waals surface area contributed by atoms with Crippen molar-refractivity contribution in [2.24, 2.45) is 0 Å². The number of aryl methyl sites for hydroxylation is 2. The summed E-state index contributed by atoms with van der Waals surface area (Å²) in [5.41, 5.74) is 2.94. The Morgan fingerprint density at radius 2 is 1.88 bits per heavy atom. The molecular weight excluding hydrogens is 432 g/mol. The number of carbonyl (C=O) groups excluding carboxylic acids is 2. The van der Waals surface area contributed by atoms with Gasteiger partial charge in [-0.25, -0.2) is 4.79 Å². The second-order valence-corrected chi connectivity index (χ2v) is 7.21. The highest BCUT2D eigenvalue weighted by Crippen LogP contribution is 2.37. The molecule has 0 aliphatic heterocycles. The summed E-state index contributed by atoms with van der Waals surface area (Å²) in [5.74, 6) is -0.624. The lowest BCUT2D eigenvalue weighted by molar-refractivity contribution is -0.145. The van der Waals surface area contributed by atoms with Crippen LogP contribution in [0.2, 0.25) is 5.02 Å². The number of rotatable bonds is 9. The smallest absolute Gasteiger partial charge is 0.344 e. The molecular formula is C24H25ClN2O5. The molecule has 8 heteroatoms. The van der Waals surface area contributed by atoms with E-state index < -0.39 is 11.9 Å². The molecule has 0 aliphatic carbocycles. The van der Waals surface area contributed by atoms with Gasteiger partial charge in [0, 0.05) is 5.69 Å². The van der Waals surface area contributed by atoms with E-state index in [4.69, 9.17) is 25.8 Å². The first-order valence-corrected chi connectivity index (χ1v) is 10.4. The van der Waals surface area contributed by atoms with Crippen molar-refractivity contribution in [1.29, 1.82) is 5.26 Å². The zero-order valence-electron chi connectivity index (χ0n) is 18.5. The number of carbonyl (C=O) groups is 2. The van der Waals surface area contributed by atoms with Gasteiger partial charge in [-0.05, 0) is 63.1 Å². The molecule has 0 radical (unpaired) electrons. The Morgan fingerprint density at radius 1 is 1.12 bits per heavy atom. The number of esters is 1. The molecule has 2 aromatic carbocycles. The molecule has 0 atom stereocenters. The molecule has 0 saturated carbocycles. The van der Waals surface area contributed by atoms with Crippen LogP contribution < -0.4 is 14.8 Å². The van der Waals surface area contributed by atoms with E-state index in [9.17, 15) is 14.9 Å². The maximum Gasteiger partial charge on any atom is 0.344 e. The number of hydrogen-bond donors (Lipinski definition) is 1. The SMILES string of the molecule is CCOC(=O)COc1c(Cl)cc(/C=C(\C#N)C(=O)Nc2ccc(C)cc2C)cc1OCC. The summed E-state index contributed by atoms with van der Waals surface area (Å²) in [5, 5.41) is 12.4. The van der Waals surface area contributed by atoms with Crippen LogP contribution in [-0.2, 0) is 14.3 Å². The van der Waals surface area contributed by atoms with Gasteiger partial charge in [0.2, 0.25) is 0 Å². The fourth-order valence-electron chi connectivity index (χ4n) is 2.87. The second kappa shape index (κ2) is 11.8. The van der Waals surface area contributed by atoms with Crippen LogP contribution in [0.1, 0.15) is 30.5 Å². The van der Waals surface area contributed by atoms with Gasteiger partial charge in [0.15, 0.2) is 18.1 Å². The summed E-state index contributed by atoms with van der Waals surface area (Å²) in [7, 11) is 0. The molecule has 1 N–H and O–H groups in total. The van der Waals surface area contributed by atoms with Crippen LogP contribution in [0.3, 0.4) is 0 Å². The number of hydrogen-bond acceptors (Lipinski definition) is 6. The Morgan fingerprint density at radius 3 is 2.50 bits per heavy atom. The molecule has 0 aliphatic rings. The molecule has 0 bridgehead atoms. The topological polar surface area (TPSA) is 97.7 Å². The Labute approximate surface area is 192 Å². The van der Waals surface area contributed by atoms with Crippen LogP contribution in [0, 0.1) is 25.2 Å². The van der Waals surface area contributed by atoms with Gasteiger partial charge in [0.1, 0.15) is 11.6 Å². The van der Waals surface area contributed by atoms with Gasteiger partial charge in [-0.15, -0.1) is 0 Å². The molecule has 32 heavy (non-hydrogen) atoms. The Kier molecular flexibility index (Phi) is 9.11. The molecule has 0 aromatic heterocycles. The Balaban J connectivity index is 2.30. The first kappa shape index (κ1) is 24.8. The minimum atomic E-state index is -0.545. The lowest BCUT2D eigenvalue weighted by Crippen LogP contribution is -2.15. The predicted molar refractivity (Wildman–Crippen MR) is 123 cm³/mol. The second-order valence-electron chi connectivity index (χ2n) is 6.80. The molecule has 0 fully saturated rings. The average Bonchev–Trinajstić information content (AvgIpc) is 2.73. The maximum atomic E-state index is 12.6. The van der Waals surface area contributed by atoms with Crippen molar-refractivity contribution in [3.63, 3.8) is 0 Å². The van der Waals surface area contributed by atoms with Gasteiger partial charge < -0.3 is 19.5 Å². The molecule has 168 valence electrons. The number of amides is 1. The van der Waals surface area contributed by atoms with Gasteiger partial charge in [-0.3, -0.25) is 4.79 Å². The quantitative estimate of drug-likeness (QED) is 0.329. The van der Waals surface area contributed by atoms with Crippen molar-refractivity contribution >= 4 is 35.2 Å². The molecule has 2 rings (SSSR count). The average molecular weight is 457 g/mol. The van der Waals surface area contributed by atoms with Crippen molar-refractivity contribution in [2.45, 2.75) is 27.7 Å². The molecule has 2 aromatic rings.